The molecule has 1 aliphatic heterocycles. The lowest BCUT2D eigenvalue weighted by Gasteiger charge is -2.10. The maximum atomic E-state index is 11.6. The van der Waals surface area contributed by atoms with Gasteiger partial charge in [0.05, 0.1) is 12.3 Å². The van der Waals surface area contributed by atoms with Gasteiger partial charge in [-0.1, -0.05) is 0 Å². The van der Waals surface area contributed by atoms with Gasteiger partial charge in [-0.3, -0.25) is 14.7 Å². The summed E-state index contributed by atoms with van der Waals surface area (Å²) in [5.74, 6) is -1.51. The number of rotatable bonds is 3. The van der Waals surface area contributed by atoms with Gasteiger partial charge < -0.3 is 15.4 Å². The third-order valence-corrected chi connectivity index (χ3v) is 2.72. The molecule has 0 saturated carbocycles. The Morgan fingerprint density at radius 1 is 1.58 bits per heavy atom. The van der Waals surface area contributed by atoms with Gasteiger partial charge in [-0.25, -0.2) is 0 Å². The molecule has 1 atom stereocenters. The molecule has 1 aromatic heterocycles. The van der Waals surface area contributed by atoms with Crippen LogP contribution in [0.3, 0.4) is 0 Å². The molecule has 8 nitrogen and oxygen atoms in total. The van der Waals surface area contributed by atoms with E-state index in [0.29, 0.717) is 13.2 Å². The van der Waals surface area contributed by atoms with Crippen LogP contribution in [0.2, 0.25) is 0 Å². The molecule has 2 amide bonds. The van der Waals surface area contributed by atoms with E-state index in [2.05, 4.69) is 20.8 Å². The summed E-state index contributed by atoms with van der Waals surface area (Å²) in [7, 11) is 0. The largest absolute Gasteiger partial charge is 0.376 e. The van der Waals surface area contributed by atoms with Crippen LogP contribution in [0.4, 0.5) is 5.82 Å². The first kappa shape index (κ1) is 13.0. The number of amides is 2. The number of hydrogen-bond acceptors (Lipinski definition) is 5. The van der Waals surface area contributed by atoms with E-state index >= 15 is 0 Å². The lowest BCUT2D eigenvalue weighted by atomic mass is 10.2. The van der Waals surface area contributed by atoms with Crippen LogP contribution in [0.15, 0.2) is 6.20 Å². The molecule has 1 unspecified atom stereocenters. The Hall–Kier alpha value is -2.40. The highest BCUT2D eigenvalue weighted by Gasteiger charge is 2.20. The summed E-state index contributed by atoms with van der Waals surface area (Å²) >= 11 is 0. The predicted octanol–water partition coefficient (Wildman–Crippen LogP) is -0.485. The number of carbonyl (C=O) groups is 2. The normalized spacial score (nSPS) is 17.7. The van der Waals surface area contributed by atoms with Gasteiger partial charge >= 0.3 is 11.8 Å². The molecule has 0 radical (unpaired) electrons. The van der Waals surface area contributed by atoms with Gasteiger partial charge in [0, 0.05) is 13.2 Å². The molecule has 0 spiro atoms. The Balaban J connectivity index is 1.82. The van der Waals surface area contributed by atoms with Crippen molar-refractivity contribution in [3.63, 3.8) is 0 Å². The summed E-state index contributed by atoms with van der Waals surface area (Å²) in [6.07, 6.45) is 3.08. The van der Waals surface area contributed by atoms with E-state index in [1.165, 1.54) is 6.20 Å². The SMILES string of the molecule is N#Cc1cn[nH]c1NC(=O)C(=O)NCC1CCCO1. The number of hydrogen-bond donors (Lipinski definition) is 3. The van der Waals surface area contributed by atoms with Gasteiger partial charge in [0.2, 0.25) is 0 Å². The van der Waals surface area contributed by atoms with Crippen molar-refractivity contribution < 1.29 is 14.3 Å². The number of ether oxygens (including phenoxy) is 1. The van der Waals surface area contributed by atoms with Crippen LogP contribution in [-0.2, 0) is 14.3 Å². The average molecular weight is 263 g/mol. The molecule has 100 valence electrons. The number of carbonyl (C=O) groups excluding carboxylic acids is 2. The molecule has 19 heavy (non-hydrogen) atoms. The van der Waals surface area contributed by atoms with Crippen molar-refractivity contribution in [2.24, 2.45) is 0 Å². The van der Waals surface area contributed by atoms with E-state index in [1.807, 2.05) is 6.07 Å². The second-order valence-electron chi connectivity index (χ2n) is 4.07. The van der Waals surface area contributed by atoms with Gasteiger partial charge in [0.25, 0.3) is 0 Å². The van der Waals surface area contributed by atoms with E-state index in [0.717, 1.165) is 12.8 Å². The van der Waals surface area contributed by atoms with Crippen molar-refractivity contribution in [3.8, 4) is 6.07 Å². The summed E-state index contributed by atoms with van der Waals surface area (Å²) in [6, 6.07) is 1.84. The molecule has 0 bridgehead atoms. The van der Waals surface area contributed by atoms with Crippen molar-refractivity contribution in [1.29, 1.82) is 5.26 Å². The molecule has 3 N–H and O–H groups in total. The molecule has 1 aromatic rings. The second kappa shape index (κ2) is 5.97. The molecule has 1 aliphatic rings. The number of aromatic nitrogens is 2. The second-order valence-corrected chi connectivity index (χ2v) is 4.07. The highest BCUT2D eigenvalue weighted by molar-refractivity contribution is 6.39. The zero-order chi connectivity index (χ0) is 13.7. The number of nitriles is 1. The number of anilines is 1. The quantitative estimate of drug-likeness (QED) is 0.636. The van der Waals surface area contributed by atoms with Gasteiger partial charge in [0.1, 0.15) is 17.5 Å². The van der Waals surface area contributed by atoms with Crippen molar-refractivity contribution in [1.82, 2.24) is 15.5 Å². The lowest BCUT2D eigenvalue weighted by Crippen LogP contribution is -2.39. The molecule has 0 aromatic carbocycles. The van der Waals surface area contributed by atoms with Crippen molar-refractivity contribution in [2.45, 2.75) is 18.9 Å². The summed E-state index contributed by atoms with van der Waals surface area (Å²) in [6.45, 7) is 0.993. The van der Waals surface area contributed by atoms with Crippen LogP contribution in [0, 0.1) is 11.3 Å². The third-order valence-electron chi connectivity index (χ3n) is 2.72. The molecule has 2 rings (SSSR count). The molecular weight excluding hydrogens is 250 g/mol. The number of aromatic amines is 1. The van der Waals surface area contributed by atoms with Crippen LogP contribution in [0.5, 0.6) is 0 Å². The van der Waals surface area contributed by atoms with E-state index in [4.69, 9.17) is 10.00 Å². The molecule has 1 fully saturated rings. The van der Waals surface area contributed by atoms with E-state index < -0.39 is 11.8 Å². The molecule has 2 heterocycles. The van der Waals surface area contributed by atoms with Crippen LogP contribution < -0.4 is 10.6 Å². The molecule has 0 aliphatic carbocycles. The Bertz CT molecular complexity index is 513. The van der Waals surface area contributed by atoms with Crippen molar-refractivity contribution >= 4 is 17.6 Å². The Morgan fingerprint density at radius 3 is 3.11 bits per heavy atom. The maximum Gasteiger partial charge on any atom is 0.314 e. The minimum Gasteiger partial charge on any atom is -0.376 e. The summed E-state index contributed by atoms with van der Waals surface area (Å²) in [5.41, 5.74) is 0.167. The molecule has 1 saturated heterocycles. The van der Waals surface area contributed by atoms with Gasteiger partial charge in [-0.15, -0.1) is 0 Å². The van der Waals surface area contributed by atoms with Crippen LogP contribution >= 0.6 is 0 Å². The first-order valence-electron chi connectivity index (χ1n) is 5.85. The Kier molecular flexibility index (Phi) is 4.10. The van der Waals surface area contributed by atoms with E-state index in [1.54, 1.807) is 0 Å². The smallest absolute Gasteiger partial charge is 0.314 e. The van der Waals surface area contributed by atoms with Crippen molar-refractivity contribution in [2.75, 3.05) is 18.5 Å². The van der Waals surface area contributed by atoms with E-state index in [9.17, 15) is 9.59 Å². The number of H-pyrrole nitrogens is 1. The standard InChI is InChI=1S/C11H13N5O3/c12-4-7-5-14-16-9(7)15-11(18)10(17)13-6-8-2-1-3-19-8/h5,8H,1-3,6H2,(H,13,17)(H2,14,15,16,18). The van der Waals surface area contributed by atoms with Gasteiger partial charge in [0.15, 0.2) is 0 Å². The zero-order valence-corrected chi connectivity index (χ0v) is 10.1. The fourth-order valence-corrected chi connectivity index (χ4v) is 1.73. The monoisotopic (exact) mass is 263 g/mol. The topological polar surface area (TPSA) is 120 Å². The third kappa shape index (κ3) is 3.29. The highest BCUT2D eigenvalue weighted by atomic mass is 16.5. The predicted molar refractivity (Wildman–Crippen MR) is 63.9 cm³/mol. The maximum absolute atomic E-state index is 11.6. The molecular formula is C11H13N5O3. The lowest BCUT2D eigenvalue weighted by molar-refractivity contribution is -0.136. The highest BCUT2D eigenvalue weighted by Crippen LogP contribution is 2.11. The number of nitrogens with one attached hydrogen (secondary N) is 3. The fraction of sp³-hybridized carbons (Fsp3) is 0.455. The minimum atomic E-state index is -0.848. The molecule has 8 heteroatoms. The first-order chi connectivity index (χ1) is 9.20. The average Bonchev–Trinajstić information content (AvgIpc) is 3.06. The summed E-state index contributed by atoms with van der Waals surface area (Å²) in [5, 5.41) is 19.5. The van der Waals surface area contributed by atoms with Crippen LogP contribution in [-0.4, -0.2) is 41.3 Å². The Morgan fingerprint density at radius 2 is 2.42 bits per heavy atom. The summed E-state index contributed by atoms with van der Waals surface area (Å²) < 4.78 is 5.32. The summed E-state index contributed by atoms with van der Waals surface area (Å²) in [4.78, 5) is 23.1. The van der Waals surface area contributed by atoms with Gasteiger partial charge in [-0.05, 0) is 12.8 Å². The van der Waals surface area contributed by atoms with E-state index in [-0.39, 0.29) is 17.5 Å². The number of nitrogens with zero attached hydrogens (tertiary/aromatic N) is 2. The first-order valence-corrected chi connectivity index (χ1v) is 5.85. The van der Waals surface area contributed by atoms with Gasteiger partial charge in [-0.2, -0.15) is 10.4 Å². The fourth-order valence-electron chi connectivity index (χ4n) is 1.73. The van der Waals surface area contributed by atoms with Crippen molar-refractivity contribution in [3.05, 3.63) is 11.8 Å². The van der Waals surface area contributed by atoms with Crippen LogP contribution in [0.1, 0.15) is 18.4 Å². The minimum absolute atomic E-state index is 0.0291. The van der Waals surface area contributed by atoms with Crippen LogP contribution in [0.25, 0.3) is 0 Å². The zero-order valence-electron chi connectivity index (χ0n) is 10.1. The Labute approximate surface area is 109 Å².